The van der Waals surface area contributed by atoms with Gasteiger partial charge < -0.3 is 25.4 Å². The topological polar surface area (TPSA) is 117 Å². The number of carboxylic acid groups (broad SMARTS) is 1. The first-order valence-corrected chi connectivity index (χ1v) is 7.79. The average Bonchev–Trinajstić information content (AvgIpc) is 2.55. The number of aromatic nitrogens is 2. The highest BCUT2D eigenvalue weighted by Gasteiger charge is 2.27. The molecule has 3 N–H and O–H groups in total. The number of anilines is 2. The third kappa shape index (κ3) is 4.24. The van der Waals surface area contributed by atoms with Gasteiger partial charge in [-0.2, -0.15) is 4.98 Å². The van der Waals surface area contributed by atoms with E-state index in [0.717, 1.165) is 0 Å². The SMILES string of the molecule is COc1ncnc(N(C)C)c1NC(=O)NC1CCC(C(=O)O)CC1. The monoisotopic (exact) mass is 337 g/mol. The Bertz CT molecular complexity index is 600. The first-order valence-electron chi connectivity index (χ1n) is 7.79. The normalized spacial score (nSPS) is 20.1. The van der Waals surface area contributed by atoms with Crippen molar-refractivity contribution in [1.82, 2.24) is 15.3 Å². The summed E-state index contributed by atoms with van der Waals surface area (Å²) < 4.78 is 5.18. The molecular formula is C15H23N5O4. The molecule has 0 atom stereocenters. The van der Waals surface area contributed by atoms with Crippen molar-refractivity contribution in [2.24, 2.45) is 5.92 Å². The van der Waals surface area contributed by atoms with Crippen molar-refractivity contribution < 1.29 is 19.4 Å². The van der Waals surface area contributed by atoms with E-state index in [1.54, 1.807) is 19.0 Å². The maximum absolute atomic E-state index is 12.3. The first kappa shape index (κ1) is 17.8. The third-order valence-electron chi connectivity index (χ3n) is 4.06. The smallest absolute Gasteiger partial charge is 0.319 e. The van der Waals surface area contributed by atoms with E-state index in [-0.39, 0.29) is 23.9 Å². The van der Waals surface area contributed by atoms with Crippen molar-refractivity contribution in [2.45, 2.75) is 31.7 Å². The van der Waals surface area contributed by atoms with Gasteiger partial charge in [-0.25, -0.2) is 9.78 Å². The average molecular weight is 337 g/mol. The molecule has 24 heavy (non-hydrogen) atoms. The molecule has 0 aromatic carbocycles. The summed E-state index contributed by atoms with van der Waals surface area (Å²) >= 11 is 0. The Balaban J connectivity index is 1.99. The van der Waals surface area contributed by atoms with E-state index in [0.29, 0.717) is 37.2 Å². The summed E-state index contributed by atoms with van der Waals surface area (Å²) in [6.07, 6.45) is 3.80. The highest BCUT2D eigenvalue weighted by Crippen LogP contribution is 2.30. The summed E-state index contributed by atoms with van der Waals surface area (Å²) in [6.45, 7) is 0. The third-order valence-corrected chi connectivity index (χ3v) is 4.06. The van der Waals surface area contributed by atoms with Crippen LogP contribution in [-0.4, -0.2) is 54.3 Å². The number of hydrogen-bond donors (Lipinski definition) is 3. The van der Waals surface area contributed by atoms with Crippen molar-refractivity contribution >= 4 is 23.5 Å². The zero-order chi connectivity index (χ0) is 17.7. The molecule has 1 aromatic rings. The molecule has 0 bridgehead atoms. The molecule has 1 aliphatic rings. The zero-order valence-corrected chi connectivity index (χ0v) is 14.1. The Kier molecular flexibility index (Phi) is 5.78. The van der Waals surface area contributed by atoms with Crippen LogP contribution in [0.25, 0.3) is 0 Å². The standard InChI is InChI=1S/C15H23N5O4/c1-20(2)12-11(13(24-3)17-8-16-12)19-15(23)18-10-6-4-9(5-7-10)14(21)22/h8-10H,4-7H2,1-3H3,(H,21,22)(H2,18,19,23). The second kappa shape index (κ2) is 7.80. The second-order valence-electron chi connectivity index (χ2n) is 5.96. The van der Waals surface area contributed by atoms with Crippen LogP contribution in [0.1, 0.15) is 25.7 Å². The number of nitrogens with one attached hydrogen (secondary N) is 2. The summed E-state index contributed by atoms with van der Waals surface area (Å²) in [4.78, 5) is 33.1. The van der Waals surface area contributed by atoms with Crippen molar-refractivity contribution in [3.63, 3.8) is 0 Å². The minimum Gasteiger partial charge on any atom is -0.481 e. The molecule has 0 spiro atoms. The Hall–Kier alpha value is -2.58. The molecule has 9 heteroatoms. The fourth-order valence-electron chi connectivity index (χ4n) is 2.78. The molecule has 9 nitrogen and oxygen atoms in total. The number of nitrogens with zero attached hydrogens (tertiary/aromatic N) is 3. The number of urea groups is 1. The Morgan fingerprint density at radius 2 is 1.92 bits per heavy atom. The van der Waals surface area contributed by atoms with E-state index in [2.05, 4.69) is 20.6 Å². The summed E-state index contributed by atoms with van der Waals surface area (Å²) in [7, 11) is 5.08. The molecule has 0 radical (unpaired) electrons. The van der Waals surface area contributed by atoms with Crippen LogP contribution in [0.5, 0.6) is 5.88 Å². The lowest BCUT2D eigenvalue weighted by atomic mass is 9.86. The molecular weight excluding hydrogens is 314 g/mol. The second-order valence-corrected chi connectivity index (χ2v) is 5.96. The number of carboxylic acids is 1. The number of carbonyl (C=O) groups is 2. The van der Waals surface area contributed by atoms with Gasteiger partial charge in [0.25, 0.3) is 0 Å². The van der Waals surface area contributed by atoms with Crippen molar-refractivity contribution in [3.05, 3.63) is 6.33 Å². The molecule has 1 aliphatic carbocycles. The van der Waals surface area contributed by atoms with Crippen LogP contribution in [0.2, 0.25) is 0 Å². The van der Waals surface area contributed by atoms with E-state index in [4.69, 9.17) is 9.84 Å². The van der Waals surface area contributed by atoms with E-state index in [1.807, 2.05) is 0 Å². The summed E-state index contributed by atoms with van der Waals surface area (Å²) in [6, 6.07) is -0.427. The highest BCUT2D eigenvalue weighted by molar-refractivity contribution is 5.94. The molecule has 2 amide bonds. The maximum Gasteiger partial charge on any atom is 0.319 e. The number of carbonyl (C=O) groups excluding carboxylic acids is 1. The van der Waals surface area contributed by atoms with Gasteiger partial charge in [0.2, 0.25) is 5.88 Å². The maximum atomic E-state index is 12.3. The van der Waals surface area contributed by atoms with Crippen LogP contribution >= 0.6 is 0 Å². The Morgan fingerprint density at radius 3 is 2.46 bits per heavy atom. The lowest BCUT2D eigenvalue weighted by Gasteiger charge is -2.27. The van der Waals surface area contributed by atoms with Crippen LogP contribution in [0.15, 0.2) is 6.33 Å². The van der Waals surface area contributed by atoms with Gasteiger partial charge in [-0.15, -0.1) is 0 Å². The van der Waals surface area contributed by atoms with Gasteiger partial charge in [0.1, 0.15) is 12.0 Å². The molecule has 1 fully saturated rings. The quantitative estimate of drug-likeness (QED) is 0.741. The molecule has 132 valence electrons. The van der Waals surface area contributed by atoms with E-state index in [1.165, 1.54) is 13.4 Å². The molecule has 0 saturated heterocycles. The van der Waals surface area contributed by atoms with Crippen molar-refractivity contribution in [3.8, 4) is 5.88 Å². The fourth-order valence-corrected chi connectivity index (χ4v) is 2.78. The summed E-state index contributed by atoms with van der Waals surface area (Å²) in [5, 5.41) is 14.6. The highest BCUT2D eigenvalue weighted by atomic mass is 16.5. The predicted molar refractivity (Wildman–Crippen MR) is 88.4 cm³/mol. The van der Waals surface area contributed by atoms with Crippen molar-refractivity contribution in [2.75, 3.05) is 31.4 Å². The zero-order valence-electron chi connectivity index (χ0n) is 14.1. The lowest BCUT2D eigenvalue weighted by molar-refractivity contribution is -0.142. The number of rotatable bonds is 5. The summed E-state index contributed by atoms with van der Waals surface area (Å²) in [5.74, 6) is -0.265. The van der Waals surface area contributed by atoms with Crippen LogP contribution < -0.4 is 20.3 Å². The van der Waals surface area contributed by atoms with Gasteiger partial charge in [-0.05, 0) is 25.7 Å². The van der Waals surface area contributed by atoms with Gasteiger partial charge in [-0.1, -0.05) is 0 Å². The predicted octanol–water partition coefficient (Wildman–Crippen LogP) is 1.32. The van der Waals surface area contributed by atoms with Gasteiger partial charge in [0, 0.05) is 20.1 Å². The molecule has 0 unspecified atom stereocenters. The van der Waals surface area contributed by atoms with Crippen LogP contribution in [0.3, 0.4) is 0 Å². The Labute approximate surface area is 140 Å². The number of ether oxygens (including phenoxy) is 1. The van der Waals surface area contributed by atoms with Crippen LogP contribution in [0.4, 0.5) is 16.3 Å². The minimum absolute atomic E-state index is 0.0426. The lowest BCUT2D eigenvalue weighted by Crippen LogP contribution is -2.41. The number of aliphatic carboxylic acids is 1. The first-order chi connectivity index (χ1) is 11.4. The number of hydrogen-bond acceptors (Lipinski definition) is 6. The van der Waals surface area contributed by atoms with Gasteiger partial charge in [-0.3, -0.25) is 4.79 Å². The molecule has 1 heterocycles. The van der Waals surface area contributed by atoms with E-state index < -0.39 is 5.97 Å². The Morgan fingerprint density at radius 1 is 1.25 bits per heavy atom. The fraction of sp³-hybridized carbons (Fsp3) is 0.600. The van der Waals surface area contributed by atoms with Crippen LogP contribution in [0, 0.1) is 5.92 Å². The molecule has 1 aromatic heterocycles. The van der Waals surface area contributed by atoms with Gasteiger partial charge in [0.05, 0.1) is 13.0 Å². The van der Waals surface area contributed by atoms with Crippen LogP contribution in [-0.2, 0) is 4.79 Å². The molecule has 0 aliphatic heterocycles. The van der Waals surface area contributed by atoms with E-state index in [9.17, 15) is 9.59 Å². The minimum atomic E-state index is -0.764. The summed E-state index contributed by atoms with van der Waals surface area (Å²) in [5.41, 5.74) is 0.390. The van der Waals surface area contributed by atoms with Gasteiger partial charge in [0.15, 0.2) is 5.82 Å². The largest absolute Gasteiger partial charge is 0.481 e. The van der Waals surface area contributed by atoms with Gasteiger partial charge >= 0.3 is 12.0 Å². The van der Waals surface area contributed by atoms with E-state index >= 15 is 0 Å². The van der Waals surface area contributed by atoms with Crippen molar-refractivity contribution in [1.29, 1.82) is 0 Å². The molecule has 1 saturated carbocycles. The number of amides is 2. The molecule has 2 rings (SSSR count). The number of methoxy groups -OCH3 is 1.